The van der Waals surface area contributed by atoms with Crippen LogP contribution in [0, 0.1) is 10.1 Å². The average Bonchev–Trinajstić information content (AvgIpc) is 2.83. The summed E-state index contributed by atoms with van der Waals surface area (Å²) in [5.74, 6) is -0.242. The van der Waals surface area contributed by atoms with Crippen LogP contribution in [-0.4, -0.2) is 10.8 Å². The number of carbonyl (C=O) groups excluding carboxylic acids is 1. The van der Waals surface area contributed by atoms with Crippen molar-refractivity contribution < 1.29 is 9.72 Å². The number of nitro groups is 1. The van der Waals surface area contributed by atoms with Crippen molar-refractivity contribution >= 4 is 38.9 Å². The van der Waals surface area contributed by atoms with E-state index in [1.807, 2.05) is 0 Å². The predicted molar refractivity (Wildman–Crippen MR) is 76.3 cm³/mol. The molecular weight excluding hydrogens is 332 g/mol. The molecule has 2 aromatic rings. The summed E-state index contributed by atoms with van der Waals surface area (Å²) in [6.07, 6.45) is 0. The summed E-state index contributed by atoms with van der Waals surface area (Å²) in [5.41, 5.74) is 0.492. The molecule has 1 aromatic heterocycles. The molecule has 0 radical (unpaired) electrons. The van der Waals surface area contributed by atoms with E-state index in [0.29, 0.717) is 10.4 Å². The van der Waals surface area contributed by atoms with Crippen LogP contribution in [0.1, 0.15) is 15.2 Å². The summed E-state index contributed by atoms with van der Waals surface area (Å²) < 4.78 is 0.864. The number of nitro benzene ring substituents is 1. The number of halogens is 1. The van der Waals surface area contributed by atoms with Gasteiger partial charge in [-0.25, -0.2) is 0 Å². The molecule has 0 fully saturated rings. The van der Waals surface area contributed by atoms with Crippen LogP contribution in [-0.2, 0) is 6.54 Å². The van der Waals surface area contributed by atoms with Gasteiger partial charge in [0.1, 0.15) is 0 Å². The van der Waals surface area contributed by atoms with Crippen LogP contribution in [0.5, 0.6) is 0 Å². The highest BCUT2D eigenvalue weighted by atomic mass is 79.9. The molecule has 98 valence electrons. The second kappa shape index (κ2) is 5.94. The van der Waals surface area contributed by atoms with Crippen molar-refractivity contribution in [3.8, 4) is 0 Å². The minimum atomic E-state index is -0.455. The van der Waals surface area contributed by atoms with E-state index in [1.165, 1.54) is 17.4 Å². The zero-order valence-electron chi connectivity index (χ0n) is 9.63. The number of rotatable bonds is 4. The van der Waals surface area contributed by atoms with Gasteiger partial charge in [-0.15, -0.1) is 11.3 Å². The Morgan fingerprint density at radius 1 is 1.32 bits per heavy atom. The van der Waals surface area contributed by atoms with Crippen molar-refractivity contribution in [3.63, 3.8) is 0 Å². The molecule has 0 saturated carbocycles. The van der Waals surface area contributed by atoms with Gasteiger partial charge < -0.3 is 5.32 Å². The third kappa shape index (κ3) is 3.39. The Hall–Kier alpha value is -1.73. The fourth-order valence-electron chi connectivity index (χ4n) is 1.54. The number of nitrogens with one attached hydrogen (secondary N) is 1. The first kappa shape index (κ1) is 13.7. The summed E-state index contributed by atoms with van der Waals surface area (Å²) in [6.45, 7) is 0.130. The molecule has 19 heavy (non-hydrogen) atoms. The third-order valence-electron chi connectivity index (χ3n) is 2.42. The molecule has 0 aliphatic rings. The first-order valence-corrected chi connectivity index (χ1v) is 6.94. The van der Waals surface area contributed by atoms with Crippen molar-refractivity contribution in [1.29, 1.82) is 0 Å². The highest BCUT2D eigenvalue weighted by Gasteiger charge is 2.14. The Labute approximate surface area is 121 Å². The lowest BCUT2D eigenvalue weighted by molar-refractivity contribution is -0.385. The SMILES string of the molecule is O=C(NCc1ccccc1[N+](=O)[O-])c1ccc(Br)s1. The first-order chi connectivity index (χ1) is 9.08. The summed E-state index contributed by atoms with van der Waals surface area (Å²) in [7, 11) is 0. The molecule has 1 amide bonds. The zero-order valence-corrected chi connectivity index (χ0v) is 12.0. The first-order valence-electron chi connectivity index (χ1n) is 5.34. The minimum Gasteiger partial charge on any atom is -0.347 e. The number of hydrogen-bond acceptors (Lipinski definition) is 4. The molecule has 1 N–H and O–H groups in total. The molecule has 0 unspecified atom stereocenters. The number of carbonyl (C=O) groups is 1. The van der Waals surface area contributed by atoms with E-state index in [1.54, 1.807) is 30.3 Å². The van der Waals surface area contributed by atoms with Crippen LogP contribution >= 0.6 is 27.3 Å². The van der Waals surface area contributed by atoms with E-state index < -0.39 is 4.92 Å². The molecule has 0 aliphatic carbocycles. The molecule has 0 saturated heterocycles. The van der Waals surface area contributed by atoms with Crippen LogP contribution in [0.3, 0.4) is 0 Å². The number of hydrogen-bond donors (Lipinski definition) is 1. The van der Waals surface area contributed by atoms with Gasteiger partial charge in [0.2, 0.25) is 0 Å². The van der Waals surface area contributed by atoms with Crippen LogP contribution < -0.4 is 5.32 Å². The highest BCUT2D eigenvalue weighted by molar-refractivity contribution is 9.11. The van der Waals surface area contributed by atoms with Gasteiger partial charge in [-0.3, -0.25) is 14.9 Å². The van der Waals surface area contributed by atoms with Crippen molar-refractivity contribution in [1.82, 2.24) is 5.32 Å². The summed E-state index contributed by atoms with van der Waals surface area (Å²) >= 11 is 4.59. The molecule has 0 atom stereocenters. The van der Waals surface area contributed by atoms with E-state index >= 15 is 0 Å². The molecule has 5 nitrogen and oxygen atoms in total. The van der Waals surface area contributed by atoms with E-state index in [-0.39, 0.29) is 18.1 Å². The van der Waals surface area contributed by atoms with Crippen LogP contribution in [0.15, 0.2) is 40.2 Å². The maximum absolute atomic E-state index is 11.8. The lowest BCUT2D eigenvalue weighted by Crippen LogP contribution is -2.22. The normalized spacial score (nSPS) is 10.2. The second-order valence-electron chi connectivity index (χ2n) is 3.67. The quantitative estimate of drug-likeness (QED) is 0.685. The molecule has 7 heteroatoms. The van der Waals surface area contributed by atoms with Crippen LogP contribution in [0.4, 0.5) is 5.69 Å². The molecule has 2 rings (SSSR count). The second-order valence-corrected chi connectivity index (χ2v) is 6.14. The average molecular weight is 341 g/mol. The number of thiophene rings is 1. The van der Waals surface area contributed by atoms with E-state index in [4.69, 9.17) is 0 Å². The predicted octanol–water partition coefficient (Wildman–Crippen LogP) is 3.35. The Morgan fingerprint density at radius 3 is 2.68 bits per heavy atom. The molecular formula is C12H9BrN2O3S. The largest absolute Gasteiger partial charge is 0.347 e. The summed E-state index contributed by atoms with van der Waals surface area (Å²) in [6, 6.07) is 9.83. The lowest BCUT2D eigenvalue weighted by Gasteiger charge is -2.04. The van der Waals surface area contributed by atoms with Gasteiger partial charge in [-0.05, 0) is 28.1 Å². The maximum atomic E-state index is 11.8. The van der Waals surface area contributed by atoms with Gasteiger partial charge in [0, 0.05) is 18.2 Å². The van der Waals surface area contributed by atoms with Gasteiger partial charge in [0.25, 0.3) is 11.6 Å². The topological polar surface area (TPSA) is 72.2 Å². The number of para-hydroxylation sites is 1. The highest BCUT2D eigenvalue weighted by Crippen LogP contribution is 2.22. The van der Waals surface area contributed by atoms with Gasteiger partial charge in [-0.2, -0.15) is 0 Å². The summed E-state index contributed by atoms with van der Waals surface area (Å²) in [5, 5.41) is 13.5. The van der Waals surface area contributed by atoms with E-state index in [9.17, 15) is 14.9 Å². The van der Waals surface area contributed by atoms with Crippen molar-refractivity contribution in [2.45, 2.75) is 6.54 Å². The van der Waals surface area contributed by atoms with Crippen molar-refractivity contribution in [2.75, 3.05) is 0 Å². The van der Waals surface area contributed by atoms with Gasteiger partial charge in [0.05, 0.1) is 13.6 Å². The van der Waals surface area contributed by atoms with Gasteiger partial charge >= 0.3 is 0 Å². The van der Waals surface area contributed by atoms with E-state index in [2.05, 4.69) is 21.2 Å². The Morgan fingerprint density at radius 2 is 2.05 bits per heavy atom. The van der Waals surface area contributed by atoms with Gasteiger partial charge in [0.15, 0.2) is 0 Å². The monoisotopic (exact) mass is 340 g/mol. The maximum Gasteiger partial charge on any atom is 0.274 e. The lowest BCUT2D eigenvalue weighted by atomic mass is 10.2. The fourth-order valence-corrected chi connectivity index (χ4v) is 2.84. The zero-order chi connectivity index (χ0) is 13.8. The number of amides is 1. The molecule has 0 aliphatic heterocycles. The molecule has 1 aromatic carbocycles. The third-order valence-corrected chi connectivity index (χ3v) is 4.05. The fraction of sp³-hybridized carbons (Fsp3) is 0.0833. The molecule has 0 spiro atoms. The number of nitrogens with zero attached hydrogens (tertiary/aromatic N) is 1. The Balaban J connectivity index is 2.07. The van der Waals surface area contributed by atoms with Crippen molar-refractivity contribution in [2.24, 2.45) is 0 Å². The van der Waals surface area contributed by atoms with Crippen LogP contribution in [0.25, 0.3) is 0 Å². The number of benzene rings is 1. The smallest absolute Gasteiger partial charge is 0.274 e. The molecule has 1 heterocycles. The molecule has 0 bridgehead atoms. The standard InChI is InChI=1S/C12H9BrN2O3S/c13-11-6-5-10(19-11)12(16)14-7-8-3-1-2-4-9(8)15(17)18/h1-6H,7H2,(H,14,16). The Kier molecular flexibility index (Phi) is 4.28. The Bertz CT molecular complexity index is 627. The van der Waals surface area contributed by atoms with Crippen molar-refractivity contribution in [3.05, 3.63) is 60.7 Å². The van der Waals surface area contributed by atoms with Crippen LogP contribution in [0.2, 0.25) is 0 Å². The van der Waals surface area contributed by atoms with Gasteiger partial charge in [-0.1, -0.05) is 18.2 Å². The minimum absolute atomic E-state index is 0.00941. The van der Waals surface area contributed by atoms with E-state index in [0.717, 1.165) is 3.79 Å². The summed E-state index contributed by atoms with van der Waals surface area (Å²) in [4.78, 5) is 22.8.